The molecule has 328 valence electrons. The molecule has 0 saturated heterocycles. The van der Waals surface area contributed by atoms with Gasteiger partial charge in [-0.25, -0.2) is 0 Å². The molecule has 0 aliphatic rings. The second kappa shape index (κ2) is 44.4. The Morgan fingerprint density at radius 2 is 0.768 bits per heavy atom. The zero-order valence-corrected chi connectivity index (χ0v) is 36.9. The smallest absolute Gasteiger partial charge is 0.249 e. The van der Waals surface area contributed by atoms with Crippen molar-refractivity contribution in [3.8, 4) is 0 Å². The highest BCUT2D eigenvalue weighted by Gasteiger charge is 2.28. The number of aliphatic hydroxyl groups is 4. The molecular formula is C50H93NO5. The van der Waals surface area contributed by atoms with E-state index in [1.54, 1.807) is 0 Å². The minimum absolute atomic E-state index is 0.355. The number of unbranched alkanes of at least 4 members (excludes halogenated alkanes) is 26. The van der Waals surface area contributed by atoms with Gasteiger partial charge in [0.15, 0.2) is 0 Å². The number of carbonyl (C=O) groups is 1. The average Bonchev–Trinajstić information content (AvgIpc) is 3.20. The topological polar surface area (TPSA) is 110 Å². The standard InChI is InChI=1S/C50H93NO5/c1-3-5-7-9-11-13-15-17-19-20-21-22-23-24-25-26-27-28-30-32-34-36-38-40-42-44-48(54)50(56)51-46(45-52)49(55)47(53)43-41-39-37-35-33-31-29-18-16-14-12-10-8-6-4-2/h10,12,18,24-25,29,35,37,46-49,52-55H,3-9,11,13-17,19-23,26-28,30-34,36,38-45H2,1-2H3,(H,51,56)/b12-10+,25-24-,29-18+,37-35+. The highest BCUT2D eigenvalue weighted by atomic mass is 16.3. The number of amides is 1. The van der Waals surface area contributed by atoms with Crippen LogP contribution in [0.1, 0.15) is 232 Å². The maximum Gasteiger partial charge on any atom is 0.249 e. The van der Waals surface area contributed by atoms with E-state index in [0.717, 1.165) is 51.4 Å². The monoisotopic (exact) mass is 788 g/mol. The molecule has 6 nitrogen and oxygen atoms in total. The van der Waals surface area contributed by atoms with Crippen LogP contribution < -0.4 is 5.32 Å². The Morgan fingerprint density at radius 3 is 1.18 bits per heavy atom. The van der Waals surface area contributed by atoms with Gasteiger partial charge in [-0.2, -0.15) is 0 Å². The predicted molar refractivity (Wildman–Crippen MR) is 242 cm³/mol. The number of hydrogen-bond donors (Lipinski definition) is 5. The molecule has 0 aromatic heterocycles. The van der Waals surface area contributed by atoms with Crippen LogP contribution in [0.15, 0.2) is 48.6 Å². The summed E-state index contributed by atoms with van der Waals surface area (Å²) < 4.78 is 0. The largest absolute Gasteiger partial charge is 0.394 e. The van der Waals surface area contributed by atoms with E-state index in [1.165, 1.54) is 148 Å². The lowest BCUT2D eigenvalue weighted by molar-refractivity contribution is -0.132. The van der Waals surface area contributed by atoms with Gasteiger partial charge in [-0.1, -0.05) is 197 Å². The molecule has 0 aliphatic carbocycles. The first-order valence-electron chi connectivity index (χ1n) is 24.0. The quantitative estimate of drug-likeness (QED) is 0.0312. The Bertz CT molecular complexity index is 930. The summed E-state index contributed by atoms with van der Waals surface area (Å²) in [6, 6.07) is -1.01. The van der Waals surface area contributed by atoms with Crippen molar-refractivity contribution in [1.82, 2.24) is 5.32 Å². The predicted octanol–water partition coefficient (Wildman–Crippen LogP) is 13.1. The minimum Gasteiger partial charge on any atom is -0.394 e. The van der Waals surface area contributed by atoms with E-state index >= 15 is 0 Å². The maximum atomic E-state index is 12.5. The third-order valence-electron chi connectivity index (χ3n) is 11.0. The van der Waals surface area contributed by atoms with Crippen LogP contribution in [-0.2, 0) is 4.79 Å². The molecule has 4 atom stereocenters. The van der Waals surface area contributed by atoms with Crippen molar-refractivity contribution >= 4 is 5.91 Å². The normalized spacial score (nSPS) is 14.5. The van der Waals surface area contributed by atoms with Crippen LogP contribution in [0.5, 0.6) is 0 Å². The first-order valence-corrected chi connectivity index (χ1v) is 24.0. The highest BCUT2D eigenvalue weighted by molar-refractivity contribution is 5.80. The van der Waals surface area contributed by atoms with Crippen molar-refractivity contribution in [2.24, 2.45) is 0 Å². The van der Waals surface area contributed by atoms with Gasteiger partial charge in [0, 0.05) is 0 Å². The summed E-state index contributed by atoms with van der Waals surface area (Å²) in [5.41, 5.74) is 0. The molecular weight excluding hydrogens is 695 g/mol. The van der Waals surface area contributed by atoms with Crippen molar-refractivity contribution in [2.75, 3.05) is 6.61 Å². The van der Waals surface area contributed by atoms with Gasteiger partial charge < -0.3 is 25.7 Å². The lowest BCUT2D eigenvalue weighted by atomic mass is 10.00. The first-order chi connectivity index (χ1) is 27.5. The molecule has 0 bridgehead atoms. The highest BCUT2D eigenvalue weighted by Crippen LogP contribution is 2.15. The van der Waals surface area contributed by atoms with Crippen LogP contribution in [0.25, 0.3) is 0 Å². The Hall–Kier alpha value is -1.73. The molecule has 0 radical (unpaired) electrons. The fourth-order valence-electron chi connectivity index (χ4n) is 7.12. The summed E-state index contributed by atoms with van der Waals surface area (Å²) in [6.07, 6.45) is 54.4. The van der Waals surface area contributed by atoms with Crippen molar-refractivity contribution in [3.63, 3.8) is 0 Å². The van der Waals surface area contributed by atoms with Crippen molar-refractivity contribution in [1.29, 1.82) is 0 Å². The summed E-state index contributed by atoms with van der Waals surface area (Å²) >= 11 is 0. The van der Waals surface area contributed by atoms with E-state index in [4.69, 9.17) is 0 Å². The number of carbonyl (C=O) groups excluding carboxylic acids is 1. The lowest BCUT2D eigenvalue weighted by Gasteiger charge is -2.27. The van der Waals surface area contributed by atoms with Crippen LogP contribution in [0.4, 0.5) is 0 Å². The van der Waals surface area contributed by atoms with E-state index < -0.39 is 36.9 Å². The third kappa shape index (κ3) is 37.8. The second-order valence-electron chi connectivity index (χ2n) is 16.4. The molecule has 0 spiro atoms. The SMILES string of the molecule is CCCC/C=C/CC/C=C/CC/C=C/CCCC(O)C(O)C(CO)NC(=O)C(O)CCCCCCCCCCC/C=C\CCCCCCCCCCCCCC. The van der Waals surface area contributed by atoms with Crippen molar-refractivity contribution in [2.45, 2.75) is 257 Å². The van der Waals surface area contributed by atoms with Gasteiger partial charge in [-0.3, -0.25) is 4.79 Å². The fourth-order valence-corrected chi connectivity index (χ4v) is 7.12. The van der Waals surface area contributed by atoms with Crippen molar-refractivity contribution < 1.29 is 25.2 Å². The molecule has 0 aliphatic heterocycles. The number of rotatable bonds is 43. The third-order valence-corrected chi connectivity index (χ3v) is 11.0. The van der Waals surface area contributed by atoms with E-state index in [1.807, 2.05) is 0 Å². The summed E-state index contributed by atoms with van der Waals surface area (Å²) in [5, 5.41) is 43.7. The molecule has 0 rings (SSSR count). The summed E-state index contributed by atoms with van der Waals surface area (Å²) in [7, 11) is 0. The molecule has 56 heavy (non-hydrogen) atoms. The van der Waals surface area contributed by atoms with E-state index in [2.05, 4.69) is 67.8 Å². The zero-order valence-electron chi connectivity index (χ0n) is 36.9. The number of allylic oxidation sites excluding steroid dienone is 8. The van der Waals surface area contributed by atoms with Crippen LogP contribution >= 0.6 is 0 Å². The molecule has 0 aromatic rings. The molecule has 6 heteroatoms. The molecule has 0 saturated carbocycles. The van der Waals surface area contributed by atoms with Gasteiger partial charge in [0.2, 0.25) is 5.91 Å². The molecule has 0 aromatic carbocycles. The van der Waals surface area contributed by atoms with E-state index in [0.29, 0.717) is 19.3 Å². The van der Waals surface area contributed by atoms with Gasteiger partial charge in [-0.15, -0.1) is 0 Å². The molecule has 0 fully saturated rings. The van der Waals surface area contributed by atoms with E-state index in [-0.39, 0.29) is 0 Å². The average molecular weight is 788 g/mol. The minimum atomic E-state index is -1.29. The summed E-state index contributed by atoms with van der Waals surface area (Å²) in [5.74, 6) is -0.602. The van der Waals surface area contributed by atoms with Gasteiger partial charge >= 0.3 is 0 Å². The van der Waals surface area contributed by atoms with Gasteiger partial charge in [0.1, 0.15) is 12.2 Å². The lowest BCUT2D eigenvalue weighted by Crippen LogP contribution is -2.53. The van der Waals surface area contributed by atoms with Crippen LogP contribution in [0.2, 0.25) is 0 Å². The summed E-state index contributed by atoms with van der Waals surface area (Å²) in [4.78, 5) is 12.5. The van der Waals surface area contributed by atoms with Crippen molar-refractivity contribution in [3.05, 3.63) is 48.6 Å². The van der Waals surface area contributed by atoms with Crippen LogP contribution in [0, 0.1) is 0 Å². The first kappa shape index (κ1) is 54.3. The molecule has 1 amide bonds. The second-order valence-corrected chi connectivity index (χ2v) is 16.4. The zero-order chi connectivity index (χ0) is 41.0. The van der Waals surface area contributed by atoms with E-state index in [9.17, 15) is 25.2 Å². The Morgan fingerprint density at radius 1 is 0.429 bits per heavy atom. The number of nitrogens with one attached hydrogen (secondary N) is 1. The molecule has 5 N–H and O–H groups in total. The fraction of sp³-hybridized carbons (Fsp3) is 0.820. The van der Waals surface area contributed by atoms with Gasteiger partial charge in [0.25, 0.3) is 0 Å². The number of aliphatic hydroxyl groups excluding tert-OH is 4. The maximum absolute atomic E-state index is 12.5. The Balaban J connectivity index is 3.73. The van der Waals surface area contributed by atoms with Gasteiger partial charge in [-0.05, 0) is 83.5 Å². The summed E-state index contributed by atoms with van der Waals surface area (Å²) in [6.45, 7) is 4.00. The molecule has 0 heterocycles. The Labute approximate surface area is 347 Å². The van der Waals surface area contributed by atoms with Crippen LogP contribution in [-0.4, -0.2) is 57.3 Å². The van der Waals surface area contributed by atoms with Gasteiger partial charge in [0.05, 0.1) is 18.8 Å². The number of hydrogen-bond acceptors (Lipinski definition) is 5. The van der Waals surface area contributed by atoms with Crippen LogP contribution in [0.3, 0.4) is 0 Å². The Kier molecular flexibility index (Phi) is 43.0. The molecule has 4 unspecified atom stereocenters.